The molecule has 1 aromatic rings. The van der Waals surface area contributed by atoms with E-state index in [1.165, 1.54) is 4.31 Å². The zero-order valence-electron chi connectivity index (χ0n) is 13.5. The van der Waals surface area contributed by atoms with Crippen LogP contribution in [-0.2, 0) is 16.2 Å². The van der Waals surface area contributed by atoms with E-state index in [4.69, 9.17) is 11.6 Å². The fourth-order valence-electron chi connectivity index (χ4n) is 3.65. The molecule has 4 nitrogen and oxygen atoms in total. The molecule has 2 heterocycles. The van der Waals surface area contributed by atoms with E-state index in [-0.39, 0.29) is 5.02 Å². The maximum absolute atomic E-state index is 12.9. The van der Waals surface area contributed by atoms with Gasteiger partial charge in [-0.2, -0.15) is 17.5 Å². The molecule has 0 aliphatic carbocycles. The number of hydrogen-bond acceptors (Lipinski definition) is 3. The summed E-state index contributed by atoms with van der Waals surface area (Å²) in [5.74, 6) is 0.408. The molecule has 3 rings (SSSR count). The molecule has 0 amide bonds. The molecular weight excluding hydrogens is 377 g/mol. The molecule has 0 spiro atoms. The summed E-state index contributed by atoms with van der Waals surface area (Å²) in [6.07, 6.45) is -0.989. The Morgan fingerprint density at radius 1 is 1.16 bits per heavy atom. The molecule has 1 atom stereocenters. The Balaban J connectivity index is 1.78. The summed E-state index contributed by atoms with van der Waals surface area (Å²) in [6.45, 7) is 1.60. The summed E-state index contributed by atoms with van der Waals surface area (Å²) >= 11 is 5.90. The first-order valence-electron chi connectivity index (χ1n) is 8.30. The minimum atomic E-state index is -4.62. The highest BCUT2D eigenvalue weighted by molar-refractivity contribution is 7.89. The molecular formula is C16H20ClF3N2O2S. The zero-order valence-corrected chi connectivity index (χ0v) is 15.1. The third-order valence-electron chi connectivity index (χ3n) is 5.04. The first-order valence-corrected chi connectivity index (χ1v) is 10.1. The van der Waals surface area contributed by atoms with Crippen LogP contribution in [0.5, 0.6) is 0 Å². The number of piperidine rings is 1. The van der Waals surface area contributed by atoms with Crippen LogP contribution in [0.25, 0.3) is 0 Å². The number of halogens is 4. The summed E-state index contributed by atoms with van der Waals surface area (Å²) in [6, 6.07) is 2.83. The van der Waals surface area contributed by atoms with Crippen LogP contribution in [0.1, 0.15) is 31.2 Å². The van der Waals surface area contributed by atoms with Gasteiger partial charge in [-0.25, -0.2) is 8.42 Å². The van der Waals surface area contributed by atoms with Gasteiger partial charge in [-0.3, -0.25) is 0 Å². The van der Waals surface area contributed by atoms with E-state index in [0.29, 0.717) is 44.0 Å². The molecule has 9 heteroatoms. The number of hydrogen-bond donors (Lipinski definition) is 1. The highest BCUT2D eigenvalue weighted by Crippen LogP contribution is 2.35. The maximum Gasteiger partial charge on any atom is 0.416 e. The van der Waals surface area contributed by atoms with Crippen molar-refractivity contribution in [3.05, 3.63) is 28.8 Å². The third kappa shape index (κ3) is 3.97. The van der Waals surface area contributed by atoms with Gasteiger partial charge in [0.1, 0.15) is 4.90 Å². The Hall–Kier alpha value is -0.830. The van der Waals surface area contributed by atoms with E-state index < -0.39 is 26.7 Å². The first kappa shape index (κ1) is 18.9. The number of nitrogens with zero attached hydrogens (tertiary/aromatic N) is 1. The lowest BCUT2D eigenvalue weighted by molar-refractivity contribution is -0.137. The molecule has 2 fully saturated rings. The molecule has 2 aliphatic rings. The topological polar surface area (TPSA) is 49.4 Å². The molecule has 25 heavy (non-hydrogen) atoms. The van der Waals surface area contributed by atoms with Crippen LogP contribution >= 0.6 is 11.6 Å². The van der Waals surface area contributed by atoms with Gasteiger partial charge in [0.2, 0.25) is 10.0 Å². The highest BCUT2D eigenvalue weighted by Gasteiger charge is 2.37. The quantitative estimate of drug-likeness (QED) is 0.850. The summed E-state index contributed by atoms with van der Waals surface area (Å²) in [5, 5.41) is 3.24. The zero-order chi connectivity index (χ0) is 18.2. The Bertz CT molecular complexity index is 725. The SMILES string of the molecule is O=S(=O)(c1cc(C(F)(F)F)ccc1Cl)N1CCC(C2CCCN2)CC1. The van der Waals surface area contributed by atoms with Gasteiger partial charge in [-0.15, -0.1) is 0 Å². The van der Waals surface area contributed by atoms with Crippen LogP contribution in [0.3, 0.4) is 0 Å². The van der Waals surface area contributed by atoms with E-state index >= 15 is 0 Å². The van der Waals surface area contributed by atoms with Crippen molar-refractivity contribution in [2.24, 2.45) is 5.92 Å². The lowest BCUT2D eigenvalue weighted by Gasteiger charge is -2.34. The number of nitrogens with one attached hydrogen (secondary N) is 1. The Labute approximate surface area is 150 Å². The second kappa shape index (κ2) is 7.06. The standard InChI is InChI=1S/C16H20ClF3N2O2S/c17-13-4-3-12(16(18,19)20)10-15(13)25(23,24)22-8-5-11(6-9-22)14-2-1-7-21-14/h3-4,10-11,14,21H,1-2,5-9H2. The lowest BCUT2D eigenvalue weighted by atomic mass is 9.89. The summed E-state index contributed by atoms with van der Waals surface area (Å²) in [4.78, 5) is -0.471. The van der Waals surface area contributed by atoms with Crippen LogP contribution in [0, 0.1) is 5.92 Å². The molecule has 0 aromatic heterocycles. The van der Waals surface area contributed by atoms with Gasteiger partial charge in [-0.05, 0) is 56.3 Å². The first-order chi connectivity index (χ1) is 11.7. The van der Waals surface area contributed by atoms with Crippen LogP contribution < -0.4 is 5.32 Å². The van der Waals surface area contributed by atoms with E-state index in [1.54, 1.807) is 0 Å². The van der Waals surface area contributed by atoms with Gasteiger partial charge in [0.25, 0.3) is 0 Å². The fourth-order valence-corrected chi connectivity index (χ4v) is 5.62. The van der Waals surface area contributed by atoms with Crippen molar-refractivity contribution in [1.29, 1.82) is 0 Å². The van der Waals surface area contributed by atoms with Crippen molar-refractivity contribution in [2.75, 3.05) is 19.6 Å². The fraction of sp³-hybridized carbons (Fsp3) is 0.625. The number of sulfonamides is 1. The van der Waals surface area contributed by atoms with Crippen LogP contribution in [0.2, 0.25) is 5.02 Å². The van der Waals surface area contributed by atoms with Crippen LogP contribution in [0.15, 0.2) is 23.1 Å². The Morgan fingerprint density at radius 3 is 2.40 bits per heavy atom. The number of rotatable bonds is 3. The summed E-state index contributed by atoms with van der Waals surface area (Å²) < 4.78 is 65.5. The van der Waals surface area contributed by atoms with Crippen LogP contribution in [0.4, 0.5) is 13.2 Å². The minimum Gasteiger partial charge on any atom is -0.314 e. The van der Waals surface area contributed by atoms with E-state index in [9.17, 15) is 21.6 Å². The van der Waals surface area contributed by atoms with Gasteiger partial charge >= 0.3 is 6.18 Å². The molecule has 2 aliphatic heterocycles. The lowest BCUT2D eigenvalue weighted by Crippen LogP contribution is -2.43. The van der Waals surface area contributed by atoms with Gasteiger partial charge < -0.3 is 5.32 Å². The van der Waals surface area contributed by atoms with E-state index in [1.807, 2.05) is 0 Å². The predicted octanol–water partition coefficient (Wildman–Crippen LogP) is 3.51. The third-order valence-corrected chi connectivity index (χ3v) is 7.42. The normalized spacial score (nSPS) is 23.9. The van der Waals surface area contributed by atoms with Gasteiger partial charge in [-0.1, -0.05) is 11.6 Å². The molecule has 1 aromatic carbocycles. The van der Waals surface area contributed by atoms with Crippen molar-refractivity contribution in [2.45, 2.75) is 42.8 Å². The van der Waals surface area contributed by atoms with Crippen molar-refractivity contribution in [3.63, 3.8) is 0 Å². The molecule has 1 unspecified atom stereocenters. The van der Waals surface area contributed by atoms with Crippen molar-refractivity contribution >= 4 is 21.6 Å². The van der Waals surface area contributed by atoms with Gasteiger partial charge in [0.05, 0.1) is 10.6 Å². The minimum absolute atomic E-state index is 0.187. The predicted molar refractivity (Wildman–Crippen MR) is 89.0 cm³/mol. The molecule has 0 bridgehead atoms. The average molecular weight is 397 g/mol. The van der Waals surface area contributed by atoms with E-state index in [2.05, 4.69) is 5.32 Å². The molecule has 0 radical (unpaired) electrons. The van der Waals surface area contributed by atoms with Crippen molar-refractivity contribution in [1.82, 2.24) is 9.62 Å². The molecule has 0 saturated carbocycles. The van der Waals surface area contributed by atoms with Gasteiger partial charge in [0, 0.05) is 19.1 Å². The average Bonchev–Trinajstić information content (AvgIpc) is 3.08. The van der Waals surface area contributed by atoms with Crippen molar-refractivity contribution in [3.8, 4) is 0 Å². The second-order valence-electron chi connectivity index (χ2n) is 6.59. The highest BCUT2D eigenvalue weighted by atomic mass is 35.5. The largest absolute Gasteiger partial charge is 0.416 e. The summed E-state index contributed by atoms with van der Waals surface area (Å²) in [5.41, 5.74) is -1.01. The van der Waals surface area contributed by atoms with Gasteiger partial charge in [0.15, 0.2) is 0 Å². The Morgan fingerprint density at radius 2 is 1.84 bits per heavy atom. The summed E-state index contributed by atoms with van der Waals surface area (Å²) in [7, 11) is -4.04. The smallest absolute Gasteiger partial charge is 0.314 e. The van der Waals surface area contributed by atoms with E-state index in [0.717, 1.165) is 31.5 Å². The molecule has 140 valence electrons. The van der Waals surface area contributed by atoms with Crippen molar-refractivity contribution < 1.29 is 21.6 Å². The molecule has 1 N–H and O–H groups in total. The van der Waals surface area contributed by atoms with Crippen LogP contribution in [-0.4, -0.2) is 38.4 Å². The Kier molecular flexibility index (Phi) is 5.35. The number of alkyl halides is 3. The molecule has 2 saturated heterocycles. The monoisotopic (exact) mass is 396 g/mol. The maximum atomic E-state index is 12.9. The number of benzene rings is 1. The second-order valence-corrected chi connectivity index (χ2v) is 8.90.